The van der Waals surface area contributed by atoms with Gasteiger partial charge < -0.3 is 10.6 Å². The second kappa shape index (κ2) is 5.72. The largest absolute Gasteiger partial charge is 0.328 e. The number of hydrogen-bond acceptors (Lipinski definition) is 2. The van der Waals surface area contributed by atoms with Crippen LogP contribution in [0.25, 0.3) is 0 Å². The van der Waals surface area contributed by atoms with Gasteiger partial charge in [-0.15, -0.1) is 0 Å². The lowest BCUT2D eigenvalue weighted by Crippen LogP contribution is -2.39. The predicted molar refractivity (Wildman–Crippen MR) is 62.3 cm³/mol. The van der Waals surface area contributed by atoms with Crippen LogP contribution in [0.5, 0.6) is 0 Å². The van der Waals surface area contributed by atoms with E-state index in [-0.39, 0.29) is 0 Å². The van der Waals surface area contributed by atoms with Crippen LogP contribution in [-0.4, -0.2) is 30.6 Å². The first kappa shape index (κ1) is 12.0. The Morgan fingerprint density at radius 2 is 1.79 bits per heavy atom. The molecular formula is C12H26N2. The van der Waals surface area contributed by atoms with Crippen LogP contribution in [0.15, 0.2) is 0 Å². The van der Waals surface area contributed by atoms with Crippen molar-refractivity contribution in [3.05, 3.63) is 0 Å². The fourth-order valence-electron chi connectivity index (χ4n) is 2.19. The molecule has 0 atom stereocenters. The smallest absolute Gasteiger partial charge is 0.00933 e. The van der Waals surface area contributed by atoms with Crippen molar-refractivity contribution in [1.29, 1.82) is 0 Å². The Bertz CT molecular complexity index is 148. The Kier molecular flexibility index (Phi) is 4.90. The zero-order valence-electron chi connectivity index (χ0n) is 10.00. The molecule has 0 aromatic carbocycles. The molecule has 0 amide bonds. The summed E-state index contributed by atoms with van der Waals surface area (Å²) in [5, 5.41) is 0. The zero-order chi connectivity index (χ0) is 10.6. The van der Waals surface area contributed by atoms with Crippen LogP contribution in [0.1, 0.15) is 46.0 Å². The first-order valence-corrected chi connectivity index (χ1v) is 6.05. The Balaban J connectivity index is 2.20. The minimum absolute atomic E-state index is 0.477. The fourth-order valence-corrected chi connectivity index (χ4v) is 2.19. The second-order valence-corrected chi connectivity index (χ2v) is 5.23. The third-order valence-corrected chi connectivity index (χ3v) is 3.42. The molecular weight excluding hydrogens is 172 g/mol. The van der Waals surface area contributed by atoms with Gasteiger partial charge in [0.05, 0.1) is 0 Å². The van der Waals surface area contributed by atoms with E-state index in [1.807, 2.05) is 0 Å². The van der Waals surface area contributed by atoms with Gasteiger partial charge in [0.15, 0.2) is 0 Å². The molecule has 0 aromatic heterocycles. The average molecular weight is 198 g/mol. The summed E-state index contributed by atoms with van der Waals surface area (Å²) in [6, 6.07) is 1.28. The van der Waals surface area contributed by atoms with Crippen LogP contribution in [0.3, 0.4) is 0 Å². The number of rotatable bonds is 4. The normalized spacial score (nSPS) is 28.7. The highest BCUT2D eigenvalue weighted by atomic mass is 15.1. The van der Waals surface area contributed by atoms with Crippen LogP contribution in [-0.2, 0) is 0 Å². The molecule has 0 radical (unpaired) electrons. The quantitative estimate of drug-likeness (QED) is 0.750. The van der Waals surface area contributed by atoms with Crippen molar-refractivity contribution in [2.45, 2.75) is 58.0 Å². The molecule has 2 nitrogen and oxygen atoms in total. The lowest BCUT2D eigenvalue weighted by atomic mass is 9.91. The summed E-state index contributed by atoms with van der Waals surface area (Å²) in [5.74, 6) is 0.822. The lowest BCUT2D eigenvalue weighted by molar-refractivity contribution is 0.175. The molecule has 0 bridgehead atoms. The van der Waals surface area contributed by atoms with Gasteiger partial charge in [-0.3, -0.25) is 0 Å². The third kappa shape index (κ3) is 3.97. The lowest BCUT2D eigenvalue weighted by Gasteiger charge is -2.33. The van der Waals surface area contributed by atoms with E-state index < -0.39 is 0 Å². The van der Waals surface area contributed by atoms with E-state index in [0.717, 1.165) is 12.0 Å². The standard InChI is InChI=1S/C12H26N2/c1-10(2)8-9-14(3)12-6-4-11(13)5-7-12/h10-12H,4-9,13H2,1-3H3. The second-order valence-electron chi connectivity index (χ2n) is 5.23. The van der Waals surface area contributed by atoms with E-state index in [9.17, 15) is 0 Å². The Morgan fingerprint density at radius 3 is 2.29 bits per heavy atom. The zero-order valence-corrected chi connectivity index (χ0v) is 10.00. The molecule has 0 aromatic rings. The average Bonchev–Trinajstić information content (AvgIpc) is 2.15. The van der Waals surface area contributed by atoms with Crippen LogP contribution < -0.4 is 5.73 Å². The molecule has 1 saturated carbocycles. The predicted octanol–water partition coefficient (Wildman–Crippen LogP) is 2.23. The van der Waals surface area contributed by atoms with Gasteiger partial charge in [-0.25, -0.2) is 0 Å². The van der Waals surface area contributed by atoms with Gasteiger partial charge in [0.25, 0.3) is 0 Å². The Hall–Kier alpha value is -0.0800. The fraction of sp³-hybridized carbons (Fsp3) is 1.00. The Morgan fingerprint density at radius 1 is 1.21 bits per heavy atom. The molecule has 0 aliphatic heterocycles. The van der Waals surface area contributed by atoms with Crippen molar-refractivity contribution >= 4 is 0 Å². The minimum Gasteiger partial charge on any atom is -0.328 e. The molecule has 0 heterocycles. The first-order valence-electron chi connectivity index (χ1n) is 6.05. The van der Waals surface area contributed by atoms with E-state index >= 15 is 0 Å². The van der Waals surface area contributed by atoms with E-state index in [0.29, 0.717) is 6.04 Å². The maximum absolute atomic E-state index is 5.90. The van der Waals surface area contributed by atoms with Gasteiger partial charge in [0.1, 0.15) is 0 Å². The summed E-state index contributed by atoms with van der Waals surface area (Å²) in [6.07, 6.45) is 6.36. The van der Waals surface area contributed by atoms with Gasteiger partial charge >= 0.3 is 0 Å². The number of hydrogen-bond donors (Lipinski definition) is 1. The van der Waals surface area contributed by atoms with E-state index in [1.165, 1.54) is 38.6 Å². The van der Waals surface area contributed by atoms with Gasteiger partial charge in [-0.1, -0.05) is 13.8 Å². The van der Waals surface area contributed by atoms with Crippen molar-refractivity contribution in [2.24, 2.45) is 11.7 Å². The SMILES string of the molecule is CC(C)CCN(C)C1CCC(N)CC1. The molecule has 1 aliphatic carbocycles. The molecule has 2 N–H and O–H groups in total. The third-order valence-electron chi connectivity index (χ3n) is 3.42. The van der Waals surface area contributed by atoms with Gasteiger partial charge in [0, 0.05) is 12.1 Å². The van der Waals surface area contributed by atoms with Crippen molar-refractivity contribution in [2.75, 3.05) is 13.6 Å². The van der Waals surface area contributed by atoms with Crippen molar-refractivity contribution in [3.63, 3.8) is 0 Å². The first-order chi connectivity index (χ1) is 6.59. The maximum atomic E-state index is 5.90. The molecule has 14 heavy (non-hydrogen) atoms. The summed E-state index contributed by atoms with van der Waals surface area (Å²) in [5.41, 5.74) is 5.90. The topological polar surface area (TPSA) is 29.3 Å². The summed E-state index contributed by atoms with van der Waals surface area (Å²) < 4.78 is 0. The van der Waals surface area contributed by atoms with Crippen LogP contribution in [0.2, 0.25) is 0 Å². The minimum atomic E-state index is 0.477. The number of nitrogens with two attached hydrogens (primary N) is 1. The molecule has 1 rings (SSSR count). The highest BCUT2D eigenvalue weighted by Crippen LogP contribution is 2.21. The molecule has 2 heteroatoms. The highest BCUT2D eigenvalue weighted by molar-refractivity contribution is 4.79. The summed E-state index contributed by atoms with van der Waals surface area (Å²) in [6.45, 7) is 5.84. The molecule has 0 unspecified atom stereocenters. The summed E-state index contributed by atoms with van der Waals surface area (Å²) >= 11 is 0. The van der Waals surface area contributed by atoms with Gasteiger partial charge in [0.2, 0.25) is 0 Å². The van der Waals surface area contributed by atoms with Gasteiger partial charge in [-0.2, -0.15) is 0 Å². The van der Waals surface area contributed by atoms with Crippen LogP contribution in [0.4, 0.5) is 0 Å². The van der Waals surface area contributed by atoms with Crippen LogP contribution >= 0.6 is 0 Å². The van der Waals surface area contributed by atoms with Crippen molar-refractivity contribution in [1.82, 2.24) is 4.90 Å². The van der Waals surface area contributed by atoms with E-state index in [1.54, 1.807) is 0 Å². The Labute approximate surface area is 88.8 Å². The monoisotopic (exact) mass is 198 g/mol. The van der Waals surface area contributed by atoms with Crippen LogP contribution in [0, 0.1) is 5.92 Å². The number of nitrogens with zero attached hydrogens (tertiary/aromatic N) is 1. The molecule has 0 spiro atoms. The molecule has 1 aliphatic rings. The van der Waals surface area contributed by atoms with E-state index in [2.05, 4.69) is 25.8 Å². The summed E-state index contributed by atoms with van der Waals surface area (Å²) in [4.78, 5) is 2.53. The highest BCUT2D eigenvalue weighted by Gasteiger charge is 2.21. The van der Waals surface area contributed by atoms with E-state index in [4.69, 9.17) is 5.73 Å². The molecule has 84 valence electrons. The molecule has 1 fully saturated rings. The van der Waals surface area contributed by atoms with Gasteiger partial charge in [-0.05, 0) is 51.6 Å². The maximum Gasteiger partial charge on any atom is 0.00933 e. The van der Waals surface area contributed by atoms with Crippen molar-refractivity contribution < 1.29 is 0 Å². The summed E-state index contributed by atoms with van der Waals surface area (Å²) in [7, 11) is 2.27. The van der Waals surface area contributed by atoms with Crippen molar-refractivity contribution in [3.8, 4) is 0 Å². The molecule has 0 saturated heterocycles.